The predicted molar refractivity (Wildman–Crippen MR) is 145 cm³/mol. The number of rotatable bonds is 6. The summed E-state index contributed by atoms with van der Waals surface area (Å²) in [6, 6.07) is 43.5. The highest BCUT2D eigenvalue weighted by atomic mass is 32.1. The minimum atomic E-state index is -1.00. The van der Waals surface area contributed by atoms with Crippen LogP contribution in [0.2, 0.25) is 0 Å². The van der Waals surface area contributed by atoms with Crippen LogP contribution in [-0.2, 0) is 10.3 Å². The van der Waals surface area contributed by atoms with Crippen molar-refractivity contribution in [2.45, 2.75) is 5.60 Å². The van der Waals surface area contributed by atoms with Gasteiger partial charge in [-0.2, -0.15) is 0 Å². The molecule has 0 radical (unpaired) electrons. The largest absolute Gasteiger partial charge is 0.462 e. The maximum Gasteiger partial charge on any atom is 0.193 e. The van der Waals surface area contributed by atoms with Gasteiger partial charge in [0.2, 0.25) is 0 Å². The Morgan fingerprint density at radius 1 is 0.528 bits per heavy atom. The van der Waals surface area contributed by atoms with E-state index in [0.29, 0.717) is 28.0 Å². The maximum absolute atomic E-state index is 6.67. The molecule has 0 atom stereocenters. The minimum Gasteiger partial charge on any atom is -0.462 e. The third kappa shape index (κ3) is 3.82. The van der Waals surface area contributed by atoms with Crippen molar-refractivity contribution in [3.63, 3.8) is 0 Å². The Morgan fingerprint density at radius 3 is 1.53 bits per heavy atom. The molecule has 1 heterocycles. The third-order valence-corrected chi connectivity index (χ3v) is 6.54. The molecular formula is C32H22O3S. The number of fused-ring (bicyclic) bond motifs is 1. The zero-order valence-corrected chi connectivity index (χ0v) is 20.2. The highest BCUT2D eigenvalue weighted by molar-refractivity contribution is 7.80. The summed E-state index contributed by atoms with van der Waals surface area (Å²) in [7, 11) is 0. The van der Waals surface area contributed by atoms with Gasteiger partial charge in [-0.05, 0) is 48.6 Å². The van der Waals surface area contributed by atoms with Crippen LogP contribution in [0.5, 0.6) is 23.0 Å². The summed E-state index contributed by atoms with van der Waals surface area (Å²) < 4.78 is 19.7. The Bertz CT molecular complexity index is 1460. The normalized spacial score (nSPS) is 13.5. The van der Waals surface area contributed by atoms with Crippen molar-refractivity contribution in [1.82, 2.24) is 0 Å². The average molecular weight is 487 g/mol. The molecule has 4 heteroatoms. The lowest BCUT2D eigenvalue weighted by Gasteiger charge is -2.32. The molecule has 0 fully saturated rings. The van der Waals surface area contributed by atoms with Crippen molar-refractivity contribution >= 4 is 17.3 Å². The van der Waals surface area contributed by atoms with Crippen molar-refractivity contribution in [2.75, 3.05) is 0 Å². The Hall–Kier alpha value is -4.41. The zero-order chi connectivity index (χ0) is 24.4. The SMILES string of the molecule is S=C1OC(c2ccccc2)(c2ccccc2)c2c1ccc(Oc1ccccc1)c2Oc1ccccc1. The molecule has 1 aliphatic heterocycles. The molecule has 0 spiro atoms. The molecule has 0 unspecified atom stereocenters. The van der Waals surface area contributed by atoms with Crippen molar-refractivity contribution in [1.29, 1.82) is 0 Å². The summed E-state index contributed by atoms with van der Waals surface area (Å²) in [6.45, 7) is 0. The first-order valence-electron chi connectivity index (χ1n) is 11.7. The highest BCUT2D eigenvalue weighted by Crippen LogP contribution is 2.54. The number of para-hydroxylation sites is 2. The van der Waals surface area contributed by atoms with Crippen molar-refractivity contribution in [3.05, 3.63) is 156 Å². The second kappa shape index (κ2) is 9.33. The second-order valence-corrected chi connectivity index (χ2v) is 8.82. The standard InChI is InChI=1S/C32H22O3S/c36-31-27-21-22-28(33-25-17-9-3-10-18-25)30(34-26-19-11-4-12-20-26)29(27)32(35-31,23-13-5-1-6-14-23)24-15-7-2-8-16-24/h1-22H. The van der Waals surface area contributed by atoms with E-state index >= 15 is 0 Å². The van der Waals surface area contributed by atoms with Crippen LogP contribution in [0.4, 0.5) is 0 Å². The first kappa shape index (κ1) is 22.1. The molecule has 3 nitrogen and oxygen atoms in total. The molecule has 5 aromatic carbocycles. The molecule has 0 saturated carbocycles. The fraction of sp³-hybridized carbons (Fsp3) is 0.0312. The van der Waals surface area contributed by atoms with Gasteiger partial charge >= 0.3 is 0 Å². The molecule has 6 rings (SSSR count). The molecule has 0 saturated heterocycles. The Balaban J connectivity index is 1.65. The highest BCUT2D eigenvalue weighted by Gasteiger charge is 2.50. The van der Waals surface area contributed by atoms with Gasteiger partial charge in [-0.25, -0.2) is 0 Å². The van der Waals surface area contributed by atoms with E-state index in [1.165, 1.54) is 0 Å². The van der Waals surface area contributed by atoms with Crippen molar-refractivity contribution in [3.8, 4) is 23.0 Å². The molecule has 0 aromatic heterocycles. The topological polar surface area (TPSA) is 27.7 Å². The van der Waals surface area contributed by atoms with E-state index in [-0.39, 0.29) is 0 Å². The third-order valence-electron chi connectivity index (χ3n) is 6.23. The second-order valence-electron chi connectivity index (χ2n) is 8.45. The van der Waals surface area contributed by atoms with Crippen LogP contribution in [0.1, 0.15) is 22.3 Å². The zero-order valence-electron chi connectivity index (χ0n) is 19.3. The summed E-state index contributed by atoms with van der Waals surface area (Å²) in [6.07, 6.45) is 0. The van der Waals surface area contributed by atoms with Gasteiger partial charge in [-0.1, -0.05) is 97.1 Å². The van der Waals surface area contributed by atoms with Gasteiger partial charge in [0, 0.05) is 16.7 Å². The molecular weight excluding hydrogens is 464 g/mol. The quantitative estimate of drug-likeness (QED) is 0.226. The van der Waals surface area contributed by atoms with E-state index < -0.39 is 5.60 Å². The maximum atomic E-state index is 6.67. The molecule has 5 aromatic rings. The van der Waals surface area contributed by atoms with E-state index in [0.717, 1.165) is 22.3 Å². The number of thiocarbonyl (C=S) groups is 1. The van der Waals surface area contributed by atoms with Gasteiger partial charge in [0.25, 0.3) is 0 Å². The fourth-order valence-corrected chi connectivity index (χ4v) is 4.95. The van der Waals surface area contributed by atoms with Crippen LogP contribution in [0.25, 0.3) is 0 Å². The van der Waals surface area contributed by atoms with Crippen LogP contribution < -0.4 is 9.47 Å². The van der Waals surface area contributed by atoms with Crippen LogP contribution in [0.15, 0.2) is 133 Å². The minimum absolute atomic E-state index is 0.418. The van der Waals surface area contributed by atoms with Gasteiger partial charge < -0.3 is 14.2 Å². The van der Waals surface area contributed by atoms with Crippen molar-refractivity contribution in [2.24, 2.45) is 0 Å². The summed E-state index contributed by atoms with van der Waals surface area (Å²) in [4.78, 5) is 0. The smallest absolute Gasteiger partial charge is 0.193 e. The molecule has 0 bridgehead atoms. The number of ether oxygens (including phenoxy) is 3. The lowest BCUT2D eigenvalue weighted by atomic mass is 9.79. The average Bonchev–Trinajstić information content (AvgIpc) is 3.25. The molecule has 0 amide bonds. The lowest BCUT2D eigenvalue weighted by molar-refractivity contribution is 0.160. The van der Waals surface area contributed by atoms with Gasteiger partial charge in [0.05, 0.1) is 5.56 Å². The number of benzene rings is 5. The first-order valence-corrected chi connectivity index (χ1v) is 12.1. The predicted octanol–water partition coefficient (Wildman–Crippen LogP) is 8.27. The van der Waals surface area contributed by atoms with Gasteiger partial charge in [0.1, 0.15) is 11.5 Å². The van der Waals surface area contributed by atoms with Gasteiger partial charge in [-0.15, -0.1) is 0 Å². The van der Waals surface area contributed by atoms with Crippen LogP contribution >= 0.6 is 12.2 Å². The summed E-state index contributed by atoms with van der Waals surface area (Å²) in [5, 5.41) is 0.418. The van der Waals surface area contributed by atoms with Crippen LogP contribution in [-0.4, -0.2) is 5.05 Å². The Labute approximate surface area is 215 Å². The summed E-state index contributed by atoms with van der Waals surface area (Å²) >= 11 is 5.80. The molecule has 0 aliphatic carbocycles. The Morgan fingerprint density at radius 2 is 1.00 bits per heavy atom. The first-order chi connectivity index (χ1) is 17.8. The molecule has 36 heavy (non-hydrogen) atoms. The van der Waals surface area contributed by atoms with E-state index in [2.05, 4.69) is 24.3 Å². The molecule has 174 valence electrons. The molecule has 1 aliphatic rings. The van der Waals surface area contributed by atoms with Gasteiger partial charge in [0.15, 0.2) is 22.2 Å². The van der Waals surface area contributed by atoms with Crippen LogP contribution in [0, 0.1) is 0 Å². The summed E-state index contributed by atoms with van der Waals surface area (Å²) in [5.74, 6) is 2.54. The van der Waals surface area contributed by atoms with E-state index in [1.807, 2.05) is 109 Å². The van der Waals surface area contributed by atoms with E-state index in [9.17, 15) is 0 Å². The lowest BCUT2D eigenvalue weighted by Crippen LogP contribution is -2.29. The number of hydrogen-bond donors (Lipinski definition) is 0. The number of hydrogen-bond acceptors (Lipinski definition) is 4. The van der Waals surface area contributed by atoms with Gasteiger partial charge in [-0.3, -0.25) is 0 Å². The van der Waals surface area contributed by atoms with E-state index in [4.69, 9.17) is 26.4 Å². The molecule has 0 N–H and O–H groups in total. The monoisotopic (exact) mass is 486 g/mol. The van der Waals surface area contributed by atoms with Crippen molar-refractivity contribution < 1.29 is 14.2 Å². The van der Waals surface area contributed by atoms with E-state index in [1.54, 1.807) is 0 Å². The van der Waals surface area contributed by atoms with Crippen LogP contribution in [0.3, 0.4) is 0 Å². The fourth-order valence-electron chi connectivity index (χ4n) is 4.65. The Kier molecular flexibility index (Phi) is 5.72. The summed E-state index contributed by atoms with van der Waals surface area (Å²) in [5.41, 5.74) is 2.53.